The summed E-state index contributed by atoms with van der Waals surface area (Å²) in [7, 11) is 0. The molecule has 3 aliphatic rings. The third-order valence-corrected chi connectivity index (χ3v) is 13.2. The molecule has 7 aromatic rings. The second kappa shape index (κ2) is 13.3. The molecule has 0 N–H and O–H groups in total. The largest absolute Gasteiger partial charge is 0.310 e. The summed E-state index contributed by atoms with van der Waals surface area (Å²) in [5.41, 5.74) is 17.0. The lowest BCUT2D eigenvalue weighted by Crippen LogP contribution is -2.49. The summed E-state index contributed by atoms with van der Waals surface area (Å²) < 4.78 is 0. The van der Waals surface area contributed by atoms with Gasteiger partial charge in [-0.1, -0.05) is 153 Å². The van der Waals surface area contributed by atoms with Crippen LogP contribution in [0.25, 0.3) is 44.5 Å². The highest BCUT2D eigenvalue weighted by Gasteiger charge is 2.56. The lowest BCUT2D eigenvalue weighted by molar-refractivity contribution is 0.0426. The zero-order chi connectivity index (χ0) is 36.2. The Labute approximate surface area is 321 Å². The van der Waals surface area contributed by atoms with Crippen LogP contribution in [0, 0.1) is 23.7 Å². The number of benzene rings is 7. The smallest absolute Gasteiger partial charge is 0.0540 e. The Hall–Kier alpha value is -5.66. The second-order valence-corrected chi connectivity index (χ2v) is 16.4. The fourth-order valence-electron chi connectivity index (χ4n) is 11.1. The third-order valence-electron chi connectivity index (χ3n) is 13.2. The van der Waals surface area contributed by atoms with E-state index < -0.39 is 0 Å². The van der Waals surface area contributed by atoms with Crippen LogP contribution >= 0.6 is 0 Å². The Morgan fingerprint density at radius 2 is 1.04 bits per heavy atom. The number of anilines is 3. The molecular formula is C53H47N. The summed E-state index contributed by atoms with van der Waals surface area (Å²) in [5.74, 6) is 2.99. The van der Waals surface area contributed by atoms with Gasteiger partial charge in [0.1, 0.15) is 0 Å². The van der Waals surface area contributed by atoms with Crippen LogP contribution in [0.4, 0.5) is 17.1 Å². The molecule has 1 spiro atoms. The zero-order valence-corrected chi connectivity index (χ0v) is 31.3. The zero-order valence-electron chi connectivity index (χ0n) is 31.3. The monoisotopic (exact) mass is 697 g/mol. The van der Waals surface area contributed by atoms with Crippen LogP contribution in [0.2, 0.25) is 0 Å². The van der Waals surface area contributed by atoms with E-state index in [0.717, 1.165) is 28.9 Å². The van der Waals surface area contributed by atoms with Gasteiger partial charge in [-0.2, -0.15) is 0 Å². The molecule has 0 aromatic heterocycles. The minimum absolute atomic E-state index is 0.0920. The molecule has 2 saturated carbocycles. The molecule has 10 rings (SSSR count). The van der Waals surface area contributed by atoms with Gasteiger partial charge < -0.3 is 4.90 Å². The topological polar surface area (TPSA) is 3.24 Å². The molecular weight excluding hydrogens is 651 g/mol. The molecule has 3 aliphatic carbocycles. The van der Waals surface area contributed by atoms with Gasteiger partial charge in [-0.3, -0.25) is 0 Å². The van der Waals surface area contributed by atoms with Gasteiger partial charge in [0, 0.05) is 22.4 Å². The van der Waals surface area contributed by atoms with Crippen LogP contribution in [-0.4, -0.2) is 0 Å². The highest BCUT2D eigenvalue weighted by atomic mass is 15.1. The van der Waals surface area contributed by atoms with Gasteiger partial charge >= 0.3 is 0 Å². The molecule has 0 saturated heterocycles. The van der Waals surface area contributed by atoms with Crippen LogP contribution in [-0.2, 0) is 5.41 Å². The van der Waals surface area contributed by atoms with Crippen LogP contribution < -0.4 is 4.90 Å². The van der Waals surface area contributed by atoms with Crippen molar-refractivity contribution in [3.8, 4) is 44.5 Å². The molecule has 5 atom stereocenters. The van der Waals surface area contributed by atoms with Gasteiger partial charge in [-0.25, -0.2) is 0 Å². The van der Waals surface area contributed by atoms with Crippen molar-refractivity contribution < 1.29 is 0 Å². The average Bonchev–Trinajstić information content (AvgIpc) is 3.52. The molecule has 54 heavy (non-hydrogen) atoms. The first-order valence-corrected chi connectivity index (χ1v) is 20.0. The van der Waals surface area contributed by atoms with Gasteiger partial charge in [0.25, 0.3) is 0 Å². The fourth-order valence-corrected chi connectivity index (χ4v) is 11.1. The number of hydrogen-bond donors (Lipinski definition) is 0. The van der Waals surface area contributed by atoms with Crippen molar-refractivity contribution in [2.45, 2.75) is 44.9 Å². The van der Waals surface area contributed by atoms with Crippen molar-refractivity contribution in [1.29, 1.82) is 0 Å². The van der Waals surface area contributed by atoms with E-state index in [1.807, 2.05) is 0 Å². The van der Waals surface area contributed by atoms with Gasteiger partial charge in [-0.05, 0) is 136 Å². The summed E-state index contributed by atoms with van der Waals surface area (Å²) in [6.45, 7) is 5.07. The SMILES string of the molecule is CC1CC2CC(C)C3(c4ccccc4-c4ccc(-c5ccc(N(c6cccc(-c7ccccc7)c6)c6ccccc6-c6ccccc6)cc5)cc43)C(C1)C2. The predicted octanol–water partition coefficient (Wildman–Crippen LogP) is 14.5. The standard InChI is InChI=1S/C53H47N/c1-36-30-38-32-37(2)53(44(31-36)33-38)50-22-11-9-21-48(50)49-29-26-43(35-51(49)53)40-24-27-45(28-25-40)54(46-19-13-18-42(34-46)39-14-5-3-6-15-39)52-23-12-10-20-47(52)41-16-7-4-8-17-41/h3-29,34-38,44H,30-33H2,1-2H3. The minimum Gasteiger partial charge on any atom is -0.310 e. The lowest BCUT2D eigenvalue weighted by atomic mass is 9.49. The first kappa shape index (κ1) is 32.9. The predicted molar refractivity (Wildman–Crippen MR) is 227 cm³/mol. The molecule has 0 amide bonds. The fraction of sp³-hybridized carbons (Fsp3) is 0.208. The highest BCUT2D eigenvalue weighted by Crippen LogP contribution is 2.64. The maximum atomic E-state index is 2.59. The summed E-state index contributed by atoms with van der Waals surface area (Å²) in [6, 6.07) is 65.3. The van der Waals surface area contributed by atoms with E-state index >= 15 is 0 Å². The molecule has 5 unspecified atom stereocenters. The van der Waals surface area contributed by atoms with Crippen molar-refractivity contribution in [3.05, 3.63) is 187 Å². The number of rotatable bonds is 6. The van der Waals surface area contributed by atoms with Gasteiger partial charge in [0.15, 0.2) is 0 Å². The molecule has 1 nitrogen and oxygen atoms in total. The van der Waals surface area contributed by atoms with Crippen LogP contribution in [0.5, 0.6) is 0 Å². The number of fused-ring (bicyclic) bond motifs is 8. The van der Waals surface area contributed by atoms with E-state index in [1.54, 1.807) is 11.1 Å². The minimum atomic E-state index is 0.0920. The summed E-state index contributed by atoms with van der Waals surface area (Å²) in [4.78, 5) is 2.43. The molecule has 1 heteroatoms. The van der Waals surface area contributed by atoms with E-state index in [1.165, 1.54) is 70.2 Å². The normalized spacial score (nSPS) is 22.4. The molecule has 0 aliphatic heterocycles. The van der Waals surface area contributed by atoms with Crippen molar-refractivity contribution in [2.24, 2.45) is 23.7 Å². The van der Waals surface area contributed by atoms with Crippen molar-refractivity contribution in [3.63, 3.8) is 0 Å². The summed E-state index contributed by atoms with van der Waals surface area (Å²) in [6.07, 6.45) is 5.44. The Bertz CT molecular complexity index is 2440. The van der Waals surface area contributed by atoms with E-state index in [9.17, 15) is 0 Å². The Kier molecular flexibility index (Phi) is 8.13. The van der Waals surface area contributed by atoms with Crippen LogP contribution in [0.15, 0.2) is 176 Å². The Morgan fingerprint density at radius 3 is 1.83 bits per heavy atom. The van der Waals surface area contributed by atoms with Crippen molar-refractivity contribution >= 4 is 17.1 Å². The first-order valence-electron chi connectivity index (χ1n) is 20.0. The maximum absolute atomic E-state index is 2.59. The average molecular weight is 698 g/mol. The lowest BCUT2D eigenvalue weighted by Gasteiger charge is -2.54. The van der Waals surface area contributed by atoms with Gasteiger partial charge in [-0.15, -0.1) is 0 Å². The molecule has 7 aromatic carbocycles. The summed E-state index contributed by atoms with van der Waals surface area (Å²) in [5, 5.41) is 0. The quantitative estimate of drug-likeness (QED) is 0.167. The van der Waals surface area contributed by atoms with Gasteiger partial charge in [0.2, 0.25) is 0 Å². The number of nitrogens with zero attached hydrogens (tertiary/aromatic N) is 1. The third kappa shape index (κ3) is 5.36. The number of para-hydroxylation sites is 1. The van der Waals surface area contributed by atoms with Crippen LogP contribution in [0.3, 0.4) is 0 Å². The second-order valence-electron chi connectivity index (χ2n) is 16.4. The van der Waals surface area contributed by atoms with Crippen molar-refractivity contribution in [2.75, 3.05) is 4.90 Å². The summed E-state index contributed by atoms with van der Waals surface area (Å²) >= 11 is 0. The molecule has 0 heterocycles. The Balaban J connectivity index is 1.08. The van der Waals surface area contributed by atoms with Crippen molar-refractivity contribution in [1.82, 2.24) is 0 Å². The van der Waals surface area contributed by atoms with E-state index in [0.29, 0.717) is 11.8 Å². The first-order chi connectivity index (χ1) is 26.6. The molecule has 2 fully saturated rings. The Morgan fingerprint density at radius 1 is 0.426 bits per heavy atom. The van der Waals surface area contributed by atoms with Gasteiger partial charge in [0.05, 0.1) is 5.69 Å². The highest BCUT2D eigenvalue weighted by molar-refractivity contribution is 5.90. The van der Waals surface area contributed by atoms with E-state index in [-0.39, 0.29) is 5.41 Å². The molecule has 264 valence electrons. The van der Waals surface area contributed by atoms with Crippen LogP contribution in [0.1, 0.15) is 50.7 Å². The maximum Gasteiger partial charge on any atom is 0.0540 e. The van der Waals surface area contributed by atoms with E-state index in [4.69, 9.17) is 0 Å². The molecule has 2 bridgehead atoms. The van der Waals surface area contributed by atoms with E-state index in [2.05, 4.69) is 195 Å². The molecule has 0 radical (unpaired) electrons. The number of hydrogen-bond acceptors (Lipinski definition) is 1.